The van der Waals surface area contributed by atoms with Crippen molar-refractivity contribution in [3.05, 3.63) is 16.3 Å². The van der Waals surface area contributed by atoms with Crippen LogP contribution in [0, 0.1) is 5.92 Å². The third-order valence-electron chi connectivity index (χ3n) is 3.98. The van der Waals surface area contributed by atoms with Gasteiger partial charge in [0.25, 0.3) is 5.91 Å². The van der Waals surface area contributed by atoms with Crippen molar-refractivity contribution in [2.24, 2.45) is 11.7 Å². The lowest BCUT2D eigenvalue weighted by Crippen LogP contribution is -2.51. The summed E-state index contributed by atoms with van der Waals surface area (Å²) in [6.45, 7) is 3.21. The van der Waals surface area contributed by atoms with Gasteiger partial charge < -0.3 is 10.6 Å². The van der Waals surface area contributed by atoms with E-state index in [1.54, 1.807) is 4.90 Å². The highest BCUT2D eigenvalue weighted by Crippen LogP contribution is 2.27. The molecule has 2 rings (SSSR count). The number of thiophene rings is 1. The number of amides is 1. The average molecular weight is 331 g/mol. The fourth-order valence-corrected chi connectivity index (χ4v) is 4.65. The molecule has 1 saturated heterocycles. The van der Waals surface area contributed by atoms with Crippen LogP contribution in [0.1, 0.15) is 29.4 Å². The van der Waals surface area contributed by atoms with Crippen LogP contribution in [0.3, 0.4) is 0 Å². The molecule has 0 aromatic carbocycles. The first-order valence-electron chi connectivity index (χ1n) is 6.94. The second-order valence-electron chi connectivity index (χ2n) is 5.28. The fraction of sp³-hybridized carbons (Fsp3) is 0.615. The van der Waals surface area contributed by atoms with Gasteiger partial charge in [0.2, 0.25) is 10.0 Å². The molecule has 3 N–H and O–H groups in total. The first kappa shape index (κ1) is 16.4. The van der Waals surface area contributed by atoms with Crippen LogP contribution in [-0.2, 0) is 10.0 Å². The molecular formula is C13H21N3O3S2. The standard InChI is InChI=1S/C13H21N3O3S2/c1-9-4-3-5-16(11(9)7-14)13(17)12-6-10(8-20-12)21(18,19)15-2/h6,8-9,11,15H,3-5,7,14H2,1-2H3. The number of carbonyl (C=O) groups is 1. The van der Waals surface area contributed by atoms with Crippen LogP contribution in [0.4, 0.5) is 0 Å². The van der Waals surface area contributed by atoms with E-state index in [0.29, 0.717) is 23.9 Å². The quantitative estimate of drug-likeness (QED) is 0.856. The summed E-state index contributed by atoms with van der Waals surface area (Å²) in [4.78, 5) is 15.0. The molecule has 1 aromatic heterocycles. The lowest BCUT2D eigenvalue weighted by molar-refractivity contribution is 0.0537. The minimum Gasteiger partial charge on any atom is -0.333 e. The summed E-state index contributed by atoms with van der Waals surface area (Å²) in [5, 5.41) is 1.49. The molecule has 1 aliphatic heterocycles. The monoisotopic (exact) mass is 331 g/mol. The van der Waals surface area contributed by atoms with E-state index in [4.69, 9.17) is 5.73 Å². The molecule has 0 radical (unpaired) electrons. The van der Waals surface area contributed by atoms with Gasteiger partial charge in [0.05, 0.1) is 9.77 Å². The normalized spacial score (nSPS) is 23.3. The van der Waals surface area contributed by atoms with Crippen molar-refractivity contribution in [3.63, 3.8) is 0 Å². The summed E-state index contributed by atoms with van der Waals surface area (Å²) in [5.41, 5.74) is 5.80. The van der Waals surface area contributed by atoms with Gasteiger partial charge in [0.15, 0.2) is 0 Å². The Balaban J connectivity index is 2.24. The van der Waals surface area contributed by atoms with E-state index < -0.39 is 10.0 Å². The summed E-state index contributed by atoms with van der Waals surface area (Å²) in [5.74, 6) is 0.243. The fourth-order valence-electron chi connectivity index (χ4n) is 2.69. The molecule has 0 bridgehead atoms. The van der Waals surface area contributed by atoms with Gasteiger partial charge in [-0.3, -0.25) is 4.79 Å². The van der Waals surface area contributed by atoms with Gasteiger partial charge in [-0.1, -0.05) is 6.92 Å². The molecule has 1 aliphatic rings. The van der Waals surface area contributed by atoms with Crippen LogP contribution in [0.2, 0.25) is 0 Å². The molecule has 2 atom stereocenters. The number of hydrogen-bond acceptors (Lipinski definition) is 5. The van der Waals surface area contributed by atoms with Crippen LogP contribution >= 0.6 is 11.3 Å². The zero-order valence-electron chi connectivity index (χ0n) is 12.2. The highest BCUT2D eigenvalue weighted by molar-refractivity contribution is 7.89. The summed E-state index contributed by atoms with van der Waals surface area (Å²) in [6.07, 6.45) is 2.02. The maximum Gasteiger partial charge on any atom is 0.264 e. The van der Waals surface area contributed by atoms with Gasteiger partial charge >= 0.3 is 0 Å². The van der Waals surface area contributed by atoms with Crippen LogP contribution in [0.25, 0.3) is 0 Å². The van der Waals surface area contributed by atoms with Crippen molar-refractivity contribution >= 4 is 27.3 Å². The first-order valence-corrected chi connectivity index (χ1v) is 9.30. The third kappa shape index (κ3) is 3.28. The lowest BCUT2D eigenvalue weighted by atomic mass is 9.90. The molecule has 0 saturated carbocycles. The molecule has 0 aliphatic carbocycles. The number of likely N-dealkylation sites (tertiary alicyclic amines) is 1. The Bertz CT molecular complexity index is 612. The topological polar surface area (TPSA) is 92.5 Å². The summed E-state index contributed by atoms with van der Waals surface area (Å²) >= 11 is 1.16. The molecule has 21 heavy (non-hydrogen) atoms. The SMILES string of the molecule is CNS(=O)(=O)c1csc(C(=O)N2CCCC(C)C2CN)c1. The predicted octanol–water partition coefficient (Wildman–Crippen LogP) is 0.856. The van der Waals surface area contributed by atoms with Gasteiger partial charge in [-0.2, -0.15) is 0 Å². The smallest absolute Gasteiger partial charge is 0.264 e. The highest BCUT2D eigenvalue weighted by atomic mass is 32.2. The summed E-state index contributed by atoms with van der Waals surface area (Å²) in [7, 11) is -2.15. The Morgan fingerprint density at radius 2 is 2.29 bits per heavy atom. The minimum absolute atomic E-state index is 0.0257. The molecule has 8 heteroatoms. The van der Waals surface area contributed by atoms with Crippen molar-refractivity contribution in [1.82, 2.24) is 9.62 Å². The largest absolute Gasteiger partial charge is 0.333 e. The molecule has 1 fully saturated rings. The maximum atomic E-state index is 12.6. The molecule has 6 nitrogen and oxygen atoms in total. The first-order chi connectivity index (χ1) is 9.90. The molecule has 0 spiro atoms. The zero-order chi connectivity index (χ0) is 15.6. The number of rotatable bonds is 4. The Morgan fingerprint density at radius 3 is 2.90 bits per heavy atom. The molecule has 2 heterocycles. The second-order valence-corrected chi connectivity index (χ2v) is 8.07. The van der Waals surface area contributed by atoms with E-state index in [1.165, 1.54) is 18.5 Å². The van der Waals surface area contributed by atoms with E-state index >= 15 is 0 Å². The van der Waals surface area contributed by atoms with Crippen molar-refractivity contribution in [3.8, 4) is 0 Å². The molecular weight excluding hydrogens is 310 g/mol. The molecule has 1 amide bonds. The Hall–Kier alpha value is -0.960. The van der Waals surface area contributed by atoms with Crippen molar-refractivity contribution < 1.29 is 13.2 Å². The van der Waals surface area contributed by atoms with Crippen LogP contribution < -0.4 is 10.5 Å². The molecule has 118 valence electrons. The van der Waals surface area contributed by atoms with E-state index in [0.717, 1.165) is 24.2 Å². The van der Waals surface area contributed by atoms with E-state index in [2.05, 4.69) is 11.6 Å². The van der Waals surface area contributed by atoms with Gasteiger partial charge in [-0.25, -0.2) is 13.1 Å². The lowest BCUT2D eigenvalue weighted by Gasteiger charge is -2.39. The predicted molar refractivity (Wildman–Crippen MR) is 82.8 cm³/mol. The number of nitrogens with one attached hydrogen (secondary N) is 1. The van der Waals surface area contributed by atoms with E-state index in [-0.39, 0.29) is 16.8 Å². The Labute approximate surface area is 129 Å². The maximum absolute atomic E-state index is 12.6. The second kappa shape index (κ2) is 6.43. The van der Waals surface area contributed by atoms with Crippen molar-refractivity contribution in [2.75, 3.05) is 20.1 Å². The highest BCUT2D eigenvalue weighted by Gasteiger charge is 2.32. The zero-order valence-corrected chi connectivity index (χ0v) is 13.8. The average Bonchev–Trinajstić information content (AvgIpc) is 2.96. The van der Waals surface area contributed by atoms with Gasteiger partial charge in [-0.15, -0.1) is 11.3 Å². The Kier molecular flexibility index (Phi) is 5.03. The van der Waals surface area contributed by atoms with Gasteiger partial charge in [0.1, 0.15) is 0 Å². The number of hydrogen-bond donors (Lipinski definition) is 2. The van der Waals surface area contributed by atoms with Gasteiger partial charge in [0, 0.05) is 24.5 Å². The number of sulfonamides is 1. The minimum atomic E-state index is -3.51. The van der Waals surface area contributed by atoms with Gasteiger partial charge in [-0.05, 0) is 31.9 Å². The number of nitrogens with zero attached hydrogens (tertiary/aromatic N) is 1. The third-order valence-corrected chi connectivity index (χ3v) is 6.44. The Morgan fingerprint density at radius 1 is 1.57 bits per heavy atom. The molecule has 1 aromatic rings. The van der Waals surface area contributed by atoms with E-state index in [9.17, 15) is 13.2 Å². The van der Waals surface area contributed by atoms with Crippen LogP contribution in [0.15, 0.2) is 16.3 Å². The summed E-state index contributed by atoms with van der Waals surface area (Å²) in [6, 6.07) is 1.46. The number of nitrogens with two attached hydrogens (primary N) is 1. The number of piperidine rings is 1. The van der Waals surface area contributed by atoms with E-state index in [1.807, 2.05) is 0 Å². The number of carbonyl (C=O) groups excluding carboxylic acids is 1. The molecule has 2 unspecified atom stereocenters. The van der Waals surface area contributed by atoms with Crippen molar-refractivity contribution in [1.29, 1.82) is 0 Å². The van der Waals surface area contributed by atoms with Crippen molar-refractivity contribution in [2.45, 2.75) is 30.7 Å². The van der Waals surface area contributed by atoms with Crippen LogP contribution in [-0.4, -0.2) is 45.4 Å². The van der Waals surface area contributed by atoms with Crippen LogP contribution in [0.5, 0.6) is 0 Å². The summed E-state index contributed by atoms with van der Waals surface area (Å²) < 4.78 is 25.7.